The molecule has 1 heterocycles. The van der Waals surface area contributed by atoms with Crippen LogP contribution in [-0.4, -0.2) is 35.1 Å². The standard InChI is InChI=1S/C16H23NO2/c1-10-7-12(3)15(13(4)8-10)16(19)17-6-5-11(2)14(18)9-17/h7-8,11,14,18H,5-6,9H2,1-4H3. The van der Waals surface area contributed by atoms with Crippen LogP contribution in [0.5, 0.6) is 0 Å². The molecule has 0 radical (unpaired) electrons. The van der Waals surface area contributed by atoms with E-state index in [9.17, 15) is 9.90 Å². The van der Waals surface area contributed by atoms with Crippen LogP contribution in [0.3, 0.4) is 0 Å². The van der Waals surface area contributed by atoms with E-state index < -0.39 is 6.10 Å². The van der Waals surface area contributed by atoms with Crippen LogP contribution in [0.1, 0.15) is 40.4 Å². The van der Waals surface area contributed by atoms with E-state index >= 15 is 0 Å². The number of amides is 1. The monoisotopic (exact) mass is 261 g/mol. The summed E-state index contributed by atoms with van der Waals surface area (Å²) < 4.78 is 0. The molecule has 3 nitrogen and oxygen atoms in total. The molecule has 19 heavy (non-hydrogen) atoms. The van der Waals surface area contributed by atoms with Gasteiger partial charge in [-0.25, -0.2) is 0 Å². The zero-order valence-corrected chi connectivity index (χ0v) is 12.2. The van der Waals surface area contributed by atoms with E-state index in [1.165, 1.54) is 5.56 Å². The van der Waals surface area contributed by atoms with Gasteiger partial charge in [-0.15, -0.1) is 0 Å². The number of β-amino-alcohol motifs (C(OH)–C–C–N with tert-alkyl or cyclic N) is 1. The highest BCUT2D eigenvalue weighted by molar-refractivity contribution is 5.97. The molecule has 0 bridgehead atoms. The lowest BCUT2D eigenvalue weighted by Gasteiger charge is -2.35. The van der Waals surface area contributed by atoms with Crippen molar-refractivity contribution in [2.24, 2.45) is 5.92 Å². The fourth-order valence-electron chi connectivity index (χ4n) is 2.91. The fourth-order valence-corrected chi connectivity index (χ4v) is 2.91. The summed E-state index contributed by atoms with van der Waals surface area (Å²) >= 11 is 0. The van der Waals surface area contributed by atoms with Gasteiger partial charge in [-0.05, 0) is 44.2 Å². The topological polar surface area (TPSA) is 40.5 Å². The Hall–Kier alpha value is -1.35. The molecule has 1 fully saturated rings. The van der Waals surface area contributed by atoms with E-state index in [0.29, 0.717) is 6.54 Å². The molecule has 1 N–H and O–H groups in total. The smallest absolute Gasteiger partial charge is 0.254 e. The van der Waals surface area contributed by atoms with Gasteiger partial charge < -0.3 is 10.0 Å². The van der Waals surface area contributed by atoms with Crippen LogP contribution in [0.4, 0.5) is 0 Å². The van der Waals surface area contributed by atoms with Gasteiger partial charge in [0.05, 0.1) is 6.10 Å². The van der Waals surface area contributed by atoms with Crippen molar-refractivity contribution in [1.82, 2.24) is 4.90 Å². The number of hydrogen-bond donors (Lipinski definition) is 1. The highest BCUT2D eigenvalue weighted by Gasteiger charge is 2.29. The van der Waals surface area contributed by atoms with Gasteiger partial charge in [-0.3, -0.25) is 4.79 Å². The van der Waals surface area contributed by atoms with E-state index in [2.05, 4.69) is 0 Å². The molecule has 1 saturated heterocycles. The maximum Gasteiger partial charge on any atom is 0.254 e. The van der Waals surface area contributed by atoms with Gasteiger partial charge in [-0.2, -0.15) is 0 Å². The predicted octanol–water partition coefficient (Wildman–Crippen LogP) is 2.45. The Morgan fingerprint density at radius 1 is 1.26 bits per heavy atom. The first kappa shape index (κ1) is 14.1. The summed E-state index contributed by atoms with van der Waals surface area (Å²) in [6, 6.07) is 4.09. The Balaban J connectivity index is 2.25. The number of hydrogen-bond acceptors (Lipinski definition) is 2. The molecule has 1 aliphatic rings. The van der Waals surface area contributed by atoms with Crippen molar-refractivity contribution in [3.63, 3.8) is 0 Å². The van der Waals surface area contributed by atoms with Gasteiger partial charge in [0.25, 0.3) is 5.91 Å². The van der Waals surface area contributed by atoms with Crippen LogP contribution >= 0.6 is 0 Å². The zero-order valence-electron chi connectivity index (χ0n) is 12.2. The van der Waals surface area contributed by atoms with Crippen molar-refractivity contribution in [3.05, 3.63) is 34.4 Å². The number of carbonyl (C=O) groups is 1. The van der Waals surface area contributed by atoms with Crippen LogP contribution < -0.4 is 0 Å². The van der Waals surface area contributed by atoms with Gasteiger partial charge in [0.1, 0.15) is 0 Å². The second kappa shape index (κ2) is 5.33. The number of carbonyl (C=O) groups excluding carboxylic acids is 1. The first-order valence-corrected chi connectivity index (χ1v) is 6.95. The predicted molar refractivity (Wildman–Crippen MR) is 76.3 cm³/mol. The SMILES string of the molecule is Cc1cc(C)c(C(=O)N2CCC(C)C(O)C2)c(C)c1. The Labute approximate surface area is 115 Å². The number of piperidine rings is 1. The second-order valence-corrected chi connectivity index (χ2v) is 5.86. The third-order valence-electron chi connectivity index (χ3n) is 4.10. The average molecular weight is 261 g/mol. The normalized spacial score (nSPS) is 23.5. The number of aliphatic hydroxyl groups excluding tert-OH is 1. The Bertz CT molecular complexity index is 473. The molecule has 2 rings (SSSR count). The van der Waals surface area contributed by atoms with Gasteiger partial charge in [0, 0.05) is 18.7 Å². The molecular weight excluding hydrogens is 238 g/mol. The molecule has 0 spiro atoms. The fraction of sp³-hybridized carbons (Fsp3) is 0.562. The van der Waals surface area contributed by atoms with E-state index in [-0.39, 0.29) is 11.8 Å². The van der Waals surface area contributed by atoms with Crippen molar-refractivity contribution in [3.8, 4) is 0 Å². The molecule has 0 saturated carbocycles. The third-order valence-corrected chi connectivity index (χ3v) is 4.10. The zero-order chi connectivity index (χ0) is 14.2. The summed E-state index contributed by atoms with van der Waals surface area (Å²) in [5, 5.41) is 9.93. The molecular formula is C16H23NO2. The van der Waals surface area contributed by atoms with Crippen molar-refractivity contribution >= 4 is 5.91 Å². The first-order chi connectivity index (χ1) is 8.90. The van der Waals surface area contributed by atoms with E-state index in [1.807, 2.05) is 39.8 Å². The lowest BCUT2D eigenvalue weighted by atomic mass is 9.94. The molecule has 0 aliphatic carbocycles. The van der Waals surface area contributed by atoms with Crippen molar-refractivity contribution < 1.29 is 9.90 Å². The molecule has 1 aliphatic heterocycles. The summed E-state index contributed by atoms with van der Waals surface area (Å²) in [4.78, 5) is 14.4. The van der Waals surface area contributed by atoms with Gasteiger partial charge in [0.2, 0.25) is 0 Å². The summed E-state index contributed by atoms with van der Waals surface area (Å²) in [5.41, 5.74) is 4.03. The molecule has 2 atom stereocenters. The van der Waals surface area contributed by atoms with Gasteiger partial charge in [-0.1, -0.05) is 24.6 Å². The van der Waals surface area contributed by atoms with Gasteiger partial charge in [0.15, 0.2) is 0 Å². The number of benzene rings is 1. The highest BCUT2D eigenvalue weighted by Crippen LogP contribution is 2.22. The van der Waals surface area contributed by atoms with Crippen LogP contribution in [0.15, 0.2) is 12.1 Å². The number of likely N-dealkylation sites (tertiary alicyclic amines) is 1. The summed E-state index contributed by atoms with van der Waals surface area (Å²) in [5.74, 6) is 0.338. The minimum atomic E-state index is -0.399. The van der Waals surface area contributed by atoms with Crippen molar-refractivity contribution in [2.45, 2.75) is 40.2 Å². The molecule has 1 aromatic carbocycles. The summed E-state index contributed by atoms with van der Waals surface area (Å²) in [6.45, 7) is 9.23. The maximum absolute atomic E-state index is 12.6. The van der Waals surface area contributed by atoms with Crippen LogP contribution in [0.2, 0.25) is 0 Å². The largest absolute Gasteiger partial charge is 0.391 e. The highest BCUT2D eigenvalue weighted by atomic mass is 16.3. The first-order valence-electron chi connectivity index (χ1n) is 6.95. The van der Waals surface area contributed by atoms with Crippen LogP contribution in [-0.2, 0) is 0 Å². The quantitative estimate of drug-likeness (QED) is 0.843. The molecule has 1 amide bonds. The number of nitrogens with zero attached hydrogens (tertiary/aromatic N) is 1. The van der Waals surface area contributed by atoms with Gasteiger partial charge >= 0.3 is 0 Å². The van der Waals surface area contributed by atoms with E-state index in [0.717, 1.165) is 29.7 Å². The Morgan fingerprint density at radius 3 is 2.37 bits per heavy atom. The molecule has 0 aromatic heterocycles. The van der Waals surface area contributed by atoms with Crippen molar-refractivity contribution in [2.75, 3.05) is 13.1 Å². The molecule has 104 valence electrons. The Morgan fingerprint density at radius 2 is 1.84 bits per heavy atom. The Kier molecular flexibility index (Phi) is 3.95. The van der Waals surface area contributed by atoms with Crippen molar-refractivity contribution in [1.29, 1.82) is 0 Å². The minimum absolute atomic E-state index is 0.0564. The summed E-state index contributed by atoms with van der Waals surface area (Å²) in [7, 11) is 0. The molecule has 1 aromatic rings. The van der Waals surface area contributed by atoms with E-state index in [4.69, 9.17) is 0 Å². The van der Waals surface area contributed by atoms with Crippen LogP contribution in [0.25, 0.3) is 0 Å². The minimum Gasteiger partial charge on any atom is -0.391 e. The molecule has 2 unspecified atom stereocenters. The third kappa shape index (κ3) is 2.81. The number of aryl methyl sites for hydroxylation is 3. The second-order valence-electron chi connectivity index (χ2n) is 5.86. The number of aliphatic hydroxyl groups is 1. The van der Waals surface area contributed by atoms with E-state index in [1.54, 1.807) is 4.90 Å². The van der Waals surface area contributed by atoms with Crippen LogP contribution in [0, 0.1) is 26.7 Å². The maximum atomic E-state index is 12.6. The summed E-state index contributed by atoms with van der Waals surface area (Å²) in [6.07, 6.45) is 0.473. The molecule has 3 heteroatoms. The lowest BCUT2D eigenvalue weighted by molar-refractivity contribution is 0.0248. The lowest BCUT2D eigenvalue weighted by Crippen LogP contribution is -2.46. The average Bonchev–Trinajstić information content (AvgIpc) is 2.31. The number of rotatable bonds is 1.